The zero-order chi connectivity index (χ0) is 17.6. The van der Waals surface area contributed by atoms with Crippen molar-refractivity contribution in [3.05, 3.63) is 35.3 Å². The van der Waals surface area contributed by atoms with E-state index in [1.165, 1.54) is 0 Å². The van der Waals surface area contributed by atoms with Crippen LogP contribution in [0.1, 0.15) is 12.0 Å². The van der Waals surface area contributed by atoms with Crippen molar-refractivity contribution in [1.82, 2.24) is 15.6 Å². The molecule has 2 N–H and O–H groups in total. The number of urea groups is 1. The van der Waals surface area contributed by atoms with E-state index in [1.807, 2.05) is 23.6 Å². The molecule has 1 aliphatic rings. The Hall–Kier alpha value is -2.48. The van der Waals surface area contributed by atoms with Crippen LogP contribution in [0.2, 0.25) is 0 Å². The van der Waals surface area contributed by atoms with Gasteiger partial charge in [0, 0.05) is 37.3 Å². The van der Waals surface area contributed by atoms with Gasteiger partial charge in [0.05, 0.1) is 14.2 Å². The predicted molar refractivity (Wildman–Crippen MR) is 97.6 cm³/mol. The minimum absolute atomic E-state index is 0.134. The summed E-state index contributed by atoms with van der Waals surface area (Å²) in [5, 5.41) is 8.88. The fraction of sp³-hybridized carbons (Fsp3) is 0.412. The second-order valence-corrected chi connectivity index (χ2v) is 6.64. The highest BCUT2D eigenvalue weighted by Crippen LogP contribution is 2.27. The van der Waals surface area contributed by atoms with Gasteiger partial charge in [0.1, 0.15) is 0 Å². The second kappa shape index (κ2) is 8.06. The molecule has 3 rings (SSSR count). The smallest absolute Gasteiger partial charge is 0.315 e. The lowest BCUT2D eigenvalue weighted by Crippen LogP contribution is -2.43. The Morgan fingerprint density at radius 1 is 1.36 bits per heavy atom. The van der Waals surface area contributed by atoms with Crippen LogP contribution in [0.25, 0.3) is 0 Å². The molecule has 1 fully saturated rings. The van der Waals surface area contributed by atoms with Gasteiger partial charge in [-0.3, -0.25) is 0 Å². The number of carbonyl (C=O) groups is 1. The molecule has 0 bridgehead atoms. The fourth-order valence-electron chi connectivity index (χ4n) is 2.83. The summed E-state index contributed by atoms with van der Waals surface area (Å²) in [6.07, 6.45) is 2.72. The van der Waals surface area contributed by atoms with E-state index in [1.54, 1.807) is 31.8 Å². The van der Waals surface area contributed by atoms with Gasteiger partial charge in [-0.1, -0.05) is 6.07 Å². The molecule has 1 saturated heterocycles. The Kier molecular flexibility index (Phi) is 5.60. The van der Waals surface area contributed by atoms with Gasteiger partial charge in [0.2, 0.25) is 0 Å². The van der Waals surface area contributed by atoms with Crippen LogP contribution in [0.3, 0.4) is 0 Å². The van der Waals surface area contributed by atoms with Crippen molar-refractivity contribution in [1.29, 1.82) is 0 Å². The number of hydrogen-bond donors (Lipinski definition) is 2. The number of ether oxygens (including phenoxy) is 2. The Morgan fingerprint density at radius 3 is 2.92 bits per heavy atom. The highest BCUT2D eigenvalue weighted by atomic mass is 32.1. The first-order chi connectivity index (χ1) is 12.2. The molecule has 0 unspecified atom stereocenters. The van der Waals surface area contributed by atoms with Crippen molar-refractivity contribution in [2.24, 2.45) is 0 Å². The van der Waals surface area contributed by atoms with Crippen LogP contribution in [-0.2, 0) is 6.54 Å². The number of methoxy groups -OCH3 is 2. The maximum absolute atomic E-state index is 12.1. The fourth-order valence-corrected chi connectivity index (χ4v) is 3.51. The molecule has 25 heavy (non-hydrogen) atoms. The topological polar surface area (TPSA) is 75.7 Å². The lowest BCUT2D eigenvalue weighted by atomic mass is 10.2. The summed E-state index contributed by atoms with van der Waals surface area (Å²) in [5.41, 5.74) is 0.948. The first-order valence-corrected chi connectivity index (χ1v) is 8.97. The summed E-state index contributed by atoms with van der Waals surface area (Å²) in [6.45, 7) is 2.13. The number of benzene rings is 1. The maximum atomic E-state index is 12.1. The zero-order valence-corrected chi connectivity index (χ0v) is 15.1. The maximum Gasteiger partial charge on any atom is 0.315 e. The summed E-state index contributed by atoms with van der Waals surface area (Å²) in [7, 11) is 3.19. The zero-order valence-electron chi connectivity index (χ0n) is 14.3. The van der Waals surface area contributed by atoms with Gasteiger partial charge in [0.25, 0.3) is 0 Å². The number of aromatic nitrogens is 1. The number of carbonyl (C=O) groups excluding carboxylic acids is 1. The summed E-state index contributed by atoms with van der Waals surface area (Å²) in [6, 6.07) is 5.56. The highest BCUT2D eigenvalue weighted by molar-refractivity contribution is 7.13. The molecule has 8 heteroatoms. The molecule has 1 aromatic heterocycles. The van der Waals surface area contributed by atoms with E-state index in [4.69, 9.17) is 9.47 Å². The van der Waals surface area contributed by atoms with Crippen molar-refractivity contribution in [2.75, 3.05) is 32.2 Å². The highest BCUT2D eigenvalue weighted by Gasteiger charge is 2.25. The van der Waals surface area contributed by atoms with Gasteiger partial charge in [-0.25, -0.2) is 9.78 Å². The average Bonchev–Trinajstić information content (AvgIpc) is 3.31. The van der Waals surface area contributed by atoms with Crippen molar-refractivity contribution in [3.63, 3.8) is 0 Å². The number of anilines is 1. The van der Waals surface area contributed by atoms with E-state index in [9.17, 15) is 4.79 Å². The van der Waals surface area contributed by atoms with Gasteiger partial charge in [0.15, 0.2) is 16.6 Å². The SMILES string of the molecule is COc1ccc(CNC(=O)N[C@H]2CCN(c3nccs3)C2)cc1OC. The third-order valence-electron chi connectivity index (χ3n) is 4.11. The van der Waals surface area contributed by atoms with Crippen LogP contribution < -0.4 is 25.0 Å². The van der Waals surface area contributed by atoms with Crippen LogP contribution in [0.5, 0.6) is 11.5 Å². The molecular formula is C17H22N4O3S. The second-order valence-electron chi connectivity index (χ2n) is 5.76. The van der Waals surface area contributed by atoms with E-state index >= 15 is 0 Å². The summed E-state index contributed by atoms with van der Waals surface area (Å²) >= 11 is 1.62. The molecule has 2 aromatic rings. The number of rotatable bonds is 6. The van der Waals surface area contributed by atoms with E-state index < -0.39 is 0 Å². The quantitative estimate of drug-likeness (QED) is 0.824. The molecule has 2 heterocycles. The van der Waals surface area contributed by atoms with Gasteiger partial charge >= 0.3 is 6.03 Å². The van der Waals surface area contributed by atoms with E-state index in [2.05, 4.69) is 20.5 Å². The van der Waals surface area contributed by atoms with Crippen LogP contribution in [0, 0.1) is 0 Å². The number of nitrogens with zero attached hydrogens (tertiary/aromatic N) is 2. The first-order valence-electron chi connectivity index (χ1n) is 8.09. The van der Waals surface area contributed by atoms with Crippen LogP contribution >= 0.6 is 11.3 Å². The molecule has 0 saturated carbocycles. The summed E-state index contributed by atoms with van der Waals surface area (Å²) in [4.78, 5) is 18.6. The molecule has 1 aromatic carbocycles. The lowest BCUT2D eigenvalue weighted by molar-refractivity contribution is 0.237. The normalized spacial score (nSPS) is 16.6. The predicted octanol–water partition coefficient (Wildman–Crippen LogP) is 2.24. The molecule has 7 nitrogen and oxygen atoms in total. The van der Waals surface area contributed by atoms with E-state index in [0.717, 1.165) is 30.2 Å². The Balaban J connectivity index is 1.47. The van der Waals surface area contributed by atoms with Crippen molar-refractivity contribution in [2.45, 2.75) is 19.0 Å². The van der Waals surface area contributed by atoms with E-state index in [0.29, 0.717) is 18.0 Å². The van der Waals surface area contributed by atoms with Crippen LogP contribution in [0.4, 0.5) is 9.93 Å². The summed E-state index contributed by atoms with van der Waals surface area (Å²) < 4.78 is 10.5. The number of thiazole rings is 1. The average molecular weight is 362 g/mol. The number of amides is 2. The third-order valence-corrected chi connectivity index (χ3v) is 4.95. The van der Waals surface area contributed by atoms with Crippen molar-refractivity contribution in [3.8, 4) is 11.5 Å². The molecule has 1 aliphatic heterocycles. The molecular weight excluding hydrogens is 340 g/mol. The Bertz CT molecular complexity index is 708. The van der Waals surface area contributed by atoms with Gasteiger partial charge in [-0.2, -0.15) is 0 Å². The monoisotopic (exact) mass is 362 g/mol. The molecule has 2 amide bonds. The molecule has 0 radical (unpaired) electrons. The molecule has 0 spiro atoms. The lowest BCUT2D eigenvalue weighted by Gasteiger charge is -2.16. The number of nitrogens with one attached hydrogen (secondary N) is 2. The molecule has 134 valence electrons. The standard InChI is InChI=1S/C17H22N4O3S/c1-23-14-4-3-12(9-15(14)24-2)10-19-16(22)20-13-5-7-21(11-13)17-18-6-8-25-17/h3-4,6,8-9,13H,5,7,10-11H2,1-2H3,(H2,19,20,22)/t13-/m0/s1. The Morgan fingerprint density at radius 2 is 2.20 bits per heavy atom. The number of hydrogen-bond acceptors (Lipinski definition) is 6. The first kappa shape index (κ1) is 17.3. The van der Waals surface area contributed by atoms with Crippen molar-refractivity contribution >= 4 is 22.5 Å². The van der Waals surface area contributed by atoms with Gasteiger partial charge < -0.3 is 25.0 Å². The van der Waals surface area contributed by atoms with Crippen molar-refractivity contribution < 1.29 is 14.3 Å². The van der Waals surface area contributed by atoms with Crippen LogP contribution in [-0.4, -0.2) is 44.4 Å². The summed E-state index contributed by atoms with van der Waals surface area (Å²) in [5.74, 6) is 1.32. The molecule has 1 atom stereocenters. The van der Waals surface area contributed by atoms with Gasteiger partial charge in [-0.05, 0) is 24.1 Å². The minimum atomic E-state index is -0.166. The third kappa shape index (κ3) is 4.33. The largest absolute Gasteiger partial charge is 0.493 e. The van der Waals surface area contributed by atoms with E-state index in [-0.39, 0.29) is 12.1 Å². The minimum Gasteiger partial charge on any atom is -0.493 e. The Labute approximate surface area is 151 Å². The van der Waals surface area contributed by atoms with Crippen LogP contribution in [0.15, 0.2) is 29.8 Å². The van der Waals surface area contributed by atoms with Gasteiger partial charge in [-0.15, -0.1) is 11.3 Å². The molecule has 0 aliphatic carbocycles.